The number of carboxylic acid groups (broad SMARTS) is 1. The van der Waals surface area contributed by atoms with Gasteiger partial charge in [0.25, 0.3) is 0 Å². The number of aliphatic carboxylic acids is 1. The van der Waals surface area contributed by atoms with Gasteiger partial charge < -0.3 is 19.7 Å². The highest BCUT2D eigenvalue weighted by Gasteiger charge is 2.11. The summed E-state index contributed by atoms with van der Waals surface area (Å²) in [7, 11) is 1.38. The zero-order valence-electron chi connectivity index (χ0n) is 10.0. The standard InChI is InChI=1S/C11H13NO6S/c1-18-9-3-2-7(6-19(16)17)4-8(9)12-10(13)5-11(14)15/h2-4H,5-6H2,1H3,(H,12,13)(H,14,15)(H,16,17)/p-1. The Morgan fingerprint density at radius 2 is 2.16 bits per heavy atom. The van der Waals surface area contributed by atoms with Crippen molar-refractivity contribution in [1.29, 1.82) is 0 Å². The molecule has 0 radical (unpaired) electrons. The molecule has 0 heterocycles. The minimum Gasteiger partial charge on any atom is -0.772 e. The van der Waals surface area contributed by atoms with Gasteiger partial charge in [0.05, 0.1) is 12.8 Å². The number of benzene rings is 1. The van der Waals surface area contributed by atoms with Crippen LogP contribution in [0.25, 0.3) is 0 Å². The minimum absolute atomic E-state index is 0.203. The first-order valence-corrected chi connectivity index (χ1v) is 6.41. The highest BCUT2D eigenvalue weighted by Crippen LogP contribution is 2.26. The summed E-state index contributed by atoms with van der Waals surface area (Å²) in [6.07, 6.45) is -0.680. The number of methoxy groups -OCH3 is 1. The van der Waals surface area contributed by atoms with Gasteiger partial charge in [0.1, 0.15) is 12.2 Å². The first-order valence-electron chi connectivity index (χ1n) is 5.16. The van der Waals surface area contributed by atoms with Gasteiger partial charge in [-0.25, -0.2) is 0 Å². The summed E-state index contributed by atoms with van der Waals surface area (Å²) in [6.45, 7) is 0. The summed E-state index contributed by atoms with van der Waals surface area (Å²) < 4.78 is 26.2. The predicted molar refractivity (Wildman–Crippen MR) is 66.5 cm³/mol. The molecule has 2 N–H and O–H groups in total. The Hall–Kier alpha value is -1.93. The van der Waals surface area contributed by atoms with Gasteiger partial charge in [0, 0.05) is 5.75 Å². The zero-order valence-corrected chi connectivity index (χ0v) is 10.9. The number of hydrogen-bond donors (Lipinski definition) is 2. The van der Waals surface area contributed by atoms with Crippen molar-refractivity contribution in [2.24, 2.45) is 0 Å². The Kier molecular flexibility index (Phi) is 5.46. The second-order valence-corrected chi connectivity index (χ2v) is 4.50. The molecule has 7 nitrogen and oxygen atoms in total. The lowest BCUT2D eigenvalue weighted by Gasteiger charge is -2.12. The van der Waals surface area contributed by atoms with Crippen molar-refractivity contribution in [3.8, 4) is 5.75 Å². The fraction of sp³-hybridized carbons (Fsp3) is 0.273. The fourth-order valence-electron chi connectivity index (χ4n) is 1.41. The van der Waals surface area contributed by atoms with Crippen LogP contribution in [0.5, 0.6) is 5.75 Å². The maximum atomic E-state index is 11.4. The lowest BCUT2D eigenvalue weighted by molar-refractivity contribution is -0.139. The smallest absolute Gasteiger partial charge is 0.312 e. The average Bonchev–Trinajstić information content (AvgIpc) is 2.27. The van der Waals surface area contributed by atoms with E-state index in [2.05, 4.69) is 5.32 Å². The van der Waals surface area contributed by atoms with Crippen molar-refractivity contribution in [2.45, 2.75) is 12.2 Å². The molecule has 0 saturated heterocycles. The van der Waals surface area contributed by atoms with Crippen LogP contribution in [0.3, 0.4) is 0 Å². The first kappa shape index (κ1) is 15.1. The summed E-state index contributed by atoms with van der Waals surface area (Å²) in [5.41, 5.74) is 0.691. The van der Waals surface area contributed by atoms with Crippen LogP contribution < -0.4 is 10.1 Å². The largest absolute Gasteiger partial charge is 0.772 e. The second kappa shape index (κ2) is 6.86. The lowest BCUT2D eigenvalue weighted by Crippen LogP contribution is -2.16. The number of nitrogens with one attached hydrogen (secondary N) is 1. The van der Waals surface area contributed by atoms with Crippen molar-refractivity contribution in [1.82, 2.24) is 0 Å². The highest BCUT2D eigenvalue weighted by atomic mass is 32.2. The Morgan fingerprint density at radius 1 is 1.47 bits per heavy atom. The fourth-order valence-corrected chi connectivity index (χ4v) is 1.86. The maximum absolute atomic E-state index is 11.4. The Bertz CT molecular complexity index is 516. The number of ether oxygens (including phenoxy) is 1. The van der Waals surface area contributed by atoms with Gasteiger partial charge in [0.2, 0.25) is 5.91 Å². The van der Waals surface area contributed by atoms with Crippen LogP contribution in [-0.4, -0.2) is 32.9 Å². The third-order valence-electron chi connectivity index (χ3n) is 2.13. The van der Waals surface area contributed by atoms with Crippen molar-refractivity contribution < 1.29 is 28.2 Å². The van der Waals surface area contributed by atoms with Crippen molar-refractivity contribution in [3.05, 3.63) is 23.8 Å². The van der Waals surface area contributed by atoms with Gasteiger partial charge in [0.15, 0.2) is 0 Å². The van der Waals surface area contributed by atoms with E-state index >= 15 is 0 Å². The topological polar surface area (TPSA) is 116 Å². The minimum atomic E-state index is -2.25. The van der Waals surface area contributed by atoms with Crippen LogP contribution in [0.1, 0.15) is 12.0 Å². The molecule has 0 aliphatic heterocycles. The summed E-state index contributed by atoms with van der Waals surface area (Å²) in [5.74, 6) is -1.86. The lowest BCUT2D eigenvalue weighted by atomic mass is 10.2. The molecular weight excluding hydrogens is 274 g/mol. The number of rotatable bonds is 6. The molecule has 0 bridgehead atoms. The van der Waals surface area contributed by atoms with Crippen molar-refractivity contribution in [3.63, 3.8) is 0 Å². The monoisotopic (exact) mass is 286 g/mol. The molecule has 1 unspecified atom stereocenters. The predicted octanol–water partition coefficient (Wildman–Crippen LogP) is 0.487. The molecule has 0 spiro atoms. The maximum Gasteiger partial charge on any atom is 0.312 e. The number of hydrogen-bond acceptors (Lipinski definition) is 5. The Balaban J connectivity index is 2.92. The molecule has 104 valence electrons. The molecule has 0 fully saturated rings. The zero-order chi connectivity index (χ0) is 14.4. The van der Waals surface area contributed by atoms with Crippen LogP contribution in [0.2, 0.25) is 0 Å². The Morgan fingerprint density at radius 3 is 2.68 bits per heavy atom. The number of amides is 1. The van der Waals surface area contributed by atoms with E-state index in [9.17, 15) is 18.4 Å². The van der Waals surface area contributed by atoms with Crippen LogP contribution in [0, 0.1) is 0 Å². The summed E-state index contributed by atoms with van der Waals surface area (Å²) >= 11 is -2.25. The molecule has 0 aromatic heterocycles. The average molecular weight is 286 g/mol. The number of anilines is 1. The van der Waals surface area contributed by atoms with E-state index < -0.39 is 29.4 Å². The van der Waals surface area contributed by atoms with Gasteiger partial charge in [-0.2, -0.15) is 0 Å². The molecule has 1 rings (SSSR count). The van der Waals surface area contributed by atoms with Gasteiger partial charge in [-0.1, -0.05) is 17.1 Å². The van der Waals surface area contributed by atoms with Crippen molar-refractivity contribution >= 4 is 28.6 Å². The van der Waals surface area contributed by atoms with Crippen molar-refractivity contribution in [2.75, 3.05) is 12.4 Å². The van der Waals surface area contributed by atoms with Gasteiger partial charge in [-0.15, -0.1) is 0 Å². The van der Waals surface area contributed by atoms with Gasteiger partial charge >= 0.3 is 5.97 Å². The molecule has 8 heteroatoms. The Labute approximate surface area is 111 Å². The second-order valence-electron chi connectivity index (χ2n) is 3.60. The molecular formula is C11H12NO6S-. The van der Waals surface area contributed by atoms with Gasteiger partial charge in [-0.3, -0.25) is 13.8 Å². The third-order valence-corrected chi connectivity index (χ3v) is 2.70. The van der Waals surface area contributed by atoms with E-state index in [1.807, 2.05) is 0 Å². The number of carboxylic acids is 1. The van der Waals surface area contributed by atoms with Crippen LogP contribution in [0.15, 0.2) is 18.2 Å². The quantitative estimate of drug-likeness (QED) is 0.580. The molecule has 1 atom stereocenters. The molecule has 0 saturated carbocycles. The van der Waals surface area contributed by atoms with E-state index in [0.717, 1.165) is 0 Å². The molecule has 0 aliphatic rings. The summed E-state index contributed by atoms with van der Waals surface area (Å²) in [4.78, 5) is 21.7. The van der Waals surface area contributed by atoms with Crippen LogP contribution in [0.4, 0.5) is 5.69 Å². The normalized spacial score (nSPS) is 11.7. The SMILES string of the molecule is COc1ccc(CS(=O)[O-])cc1NC(=O)CC(=O)O. The van der Waals surface area contributed by atoms with E-state index in [1.165, 1.54) is 19.2 Å². The summed E-state index contributed by atoms with van der Waals surface area (Å²) in [6, 6.07) is 4.47. The highest BCUT2D eigenvalue weighted by molar-refractivity contribution is 7.78. The van der Waals surface area contributed by atoms with Crippen LogP contribution >= 0.6 is 0 Å². The summed E-state index contributed by atoms with van der Waals surface area (Å²) in [5, 5.41) is 10.8. The van der Waals surface area contributed by atoms with Crippen LogP contribution in [-0.2, 0) is 26.4 Å². The van der Waals surface area contributed by atoms with E-state index in [-0.39, 0.29) is 11.4 Å². The van der Waals surface area contributed by atoms with Gasteiger partial charge in [-0.05, 0) is 17.7 Å². The molecule has 1 aromatic carbocycles. The molecule has 19 heavy (non-hydrogen) atoms. The molecule has 1 aromatic rings. The molecule has 0 aliphatic carbocycles. The van der Waals surface area contributed by atoms with E-state index in [0.29, 0.717) is 11.3 Å². The third kappa shape index (κ3) is 5.06. The van der Waals surface area contributed by atoms with E-state index in [1.54, 1.807) is 6.07 Å². The van der Waals surface area contributed by atoms with E-state index in [4.69, 9.17) is 9.84 Å². The molecule has 1 amide bonds. The first-order chi connectivity index (χ1) is 8.92. The number of carbonyl (C=O) groups excluding carboxylic acids is 1. The number of carbonyl (C=O) groups is 2.